The maximum Gasteiger partial charge on any atom is 0.327 e. The van der Waals surface area contributed by atoms with Gasteiger partial charge in [-0.15, -0.1) is 16.4 Å². The quantitative estimate of drug-likeness (QED) is 0.717. The van der Waals surface area contributed by atoms with Crippen LogP contribution in [0.1, 0.15) is 17.6 Å². The topological polar surface area (TPSA) is 102 Å². The van der Waals surface area contributed by atoms with E-state index in [0.717, 1.165) is 21.3 Å². The maximum atomic E-state index is 12.0. The van der Waals surface area contributed by atoms with E-state index < -0.39 is 6.03 Å². The van der Waals surface area contributed by atoms with E-state index in [9.17, 15) is 4.79 Å². The van der Waals surface area contributed by atoms with Crippen LogP contribution in [0.5, 0.6) is 5.75 Å². The van der Waals surface area contributed by atoms with Gasteiger partial charge in [0.15, 0.2) is 0 Å². The smallest absolute Gasteiger partial charge is 0.327 e. The zero-order chi connectivity index (χ0) is 17.8. The van der Waals surface area contributed by atoms with Crippen LogP contribution in [0.3, 0.4) is 0 Å². The van der Waals surface area contributed by atoms with Gasteiger partial charge >= 0.3 is 12.0 Å². The van der Waals surface area contributed by atoms with Gasteiger partial charge in [-0.05, 0) is 45.0 Å². The van der Waals surface area contributed by atoms with E-state index >= 15 is 0 Å². The Balaban J connectivity index is 1.62. The molecule has 8 nitrogen and oxygen atoms in total. The van der Waals surface area contributed by atoms with Crippen LogP contribution in [0, 0.1) is 13.8 Å². The number of aryl methyl sites for hydroxylation is 2. The molecule has 130 valence electrons. The highest BCUT2D eigenvalue weighted by Gasteiger charge is 2.16. The molecule has 0 aliphatic rings. The van der Waals surface area contributed by atoms with Crippen molar-refractivity contribution < 1.29 is 13.9 Å². The molecule has 0 saturated carbocycles. The van der Waals surface area contributed by atoms with Crippen molar-refractivity contribution in [2.24, 2.45) is 0 Å². The summed E-state index contributed by atoms with van der Waals surface area (Å²) >= 11 is 1.46. The second kappa shape index (κ2) is 7.31. The van der Waals surface area contributed by atoms with E-state index in [0.29, 0.717) is 18.2 Å². The van der Waals surface area contributed by atoms with Crippen LogP contribution in [0.4, 0.5) is 16.5 Å². The Morgan fingerprint density at radius 3 is 2.60 bits per heavy atom. The number of amides is 2. The highest BCUT2D eigenvalue weighted by Crippen LogP contribution is 2.29. The minimum absolute atomic E-state index is 0.0175. The van der Waals surface area contributed by atoms with Gasteiger partial charge in [-0.25, -0.2) is 9.78 Å². The normalized spacial score (nSPS) is 10.5. The molecular weight excluding hydrogens is 342 g/mol. The van der Waals surface area contributed by atoms with Gasteiger partial charge in [0.25, 0.3) is 5.89 Å². The van der Waals surface area contributed by atoms with Crippen molar-refractivity contribution in [2.75, 3.05) is 17.2 Å². The number of rotatable bonds is 5. The molecule has 0 spiro atoms. The van der Waals surface area contributed by atoms with Gasteiger partial charge in [0.05, 0.1) is 17.3 Å². The second-order valence-corrected chi connectivity index (χ2v) is 6.30. The lowest BCUT2D eigenvalue weighted by molar-refractivity contribution is 0.261. The Morgan fingerprint density at radius 1 is 1.20 bits per heavy atom. The number of anilines is 2. The third-order valence-electron chi connectivity index (χ3n) is 3.17. The van der Waals surface area contributed by atoms with E-state index in [-0.39, 0.29) is 6.01 Å². The number of carbonyl (C=O) groups is 1. The van der Waals surface area contributed by atoms with Crippen molar-refractivity contribution in [3.63, 3.8) is 0 Å². The fourth-order valence-electron chi connectivity index (χ4n) is 2.16. The van der Waals surface area contributed by atoms with Gasteiger partial charge in [0, 0.05) is 5.69 Å². The van der Waals surface area contributed by atoms with Crippen molar-refractivity contribution in [1.29, 1.82) is 0 Å². The number of aromatic nitrogens is 3. The van der Waals surface area contributed by atoms with Gasteiger partial charge in [-0.3, -0.25) is 5.32 Å². The molecule has 2 N–H and O–H groups in total. The summed E-state index contributed by atoms with van der Waals surface area (Å²) < 4.78 is 10.8. The number of urea groups is 1. The minimum Gasteiger partial charge on any atom is -0.494 e. The molecule has 9 heteroatoms. The van der Waals surface area contributed by atoms with Gasteiger partial charge in [-0.2, -0.15) is 0 Å². The van der Waals surface area contributed by atoms with E-state index in [1.165, 1.54) is 11.3 Å². The summed E-state index contributed by atoms with van der Waals surface area (Å²) in [7, 11) is 0. The van der Waals surface area contributed by atoms with Crippen LogP contribution in [0.25, 0.3) is 10.8 Å². The molecule has 2 heterocycles. The lowest BCUT2D eigenvalue weighted by Gasteiger charge is -2.06. The third kappa shape index (κ3) is 4.13. The summed E-state index contributed by atoms with van der Waals surface area (Å²) in [4.78, 5) is 17.1. The van der Waals surface area contributed by atoms with Crippen LogP contribution >= 0.6 is 11.3 Å². The van der Waals surface area contributed by atoms with E-state index in [4.69, 9.17) is 9.15 Å². The first-order valence-corrected chi connectivity index (χ1v) is 8.45. The molecule has 0 fully saturated rings. The van der Waals surface area contributed by atoms with E-state index in [2.05, 4.69) is 25.8 Å². The van der Waals surface area contributed by atoms with Crippen LogP contribution in [-0.2, 0) is 0 Å². The van der Waals surface area contributed by atoms with Gasteiger partial charge in [0.1, 0.15) is 10.6 Å². The molecule has 0 unspecified atom stereocenters. The number of hydrogen-bond donors (Lipinski definition) is 2. The Hall–Kier alpha value is -2.94. The van der Waals surface area contributed by atoms with Crippen LogP contribution in [-0.4, -0.2) is 27.8 Å². The molecule has 3 rings (SSSR count). The molecule has 0 saturated heterocycles. The molecule has 0 bridgehead atoms. The average molecular weight is 359 g/mol. The molecular formula is C16H17N5O3S. The Kier molecular flexibility index (Phi) is 4.94. The van der Waals surface area contributed by atoms with Crippen molar-refractivity contribution in [3.05, 3.63) is 35.0 Å². The highest BCUT2D eigenvalue weighted by atomic mass is 32.1. The van der Waals surface area contributed by atoms with Crippen LogP contribution < -0.4 is 15.4 Å². The number of benzene rings is 1. The summed E-state index contributed by atoms with van der Waals surface area (Å²) in [6, 6.07) is 6.58. The fourth-order valence-corrected chi connectivity index (χ4v) is 3.00. The Bertz CT molecular complexity index is 872. The second-order valence-electron chi connectivity index (χ2n) is 5.10. The van der Waals surface area contributed by atoms with Crippen LogP contribution in [0.2, 0.25) is 0 Å². The first kappa shape index (κ1) is 16.9. The van der Waals surface area contributed by atoms with Crippen molar-refractivity contribution >= 4 is 29.1 Å². The van der Waals surface area contributed by atoms with Gasteiger partial charge in [0.2, 0.25) is 0 Å². The lowest BCUT2D eigenvalue weighted by Crippen LogP contribution is -2.19. The molecule has 25 heavy (non-hydrogen) atoms. The zero-order valence-corrected chi connectivity index (χ0v) is 14.8. The Labute approximate surface area is 148 Å². The van der Waals surface area contributed by atoms with Crippen molar-refractivity contribution in [1.82, 2.24) is 15.2 Å². The molecule has 1 aromatic carbocycles. The summed E-state index contributed by atoms with van der Waals surface area (Å²) in [5, 5.41) is 13.9. The summed E-state index contributed by atoms with van der Waals surface area (Å²) in [6.07, 6.45) is 0. The van der Waals surface area contributed by atoms with Crippen molar-refractivity contribution in [2.45, 2.75) is 20.8 Å². The summed E-state index contributed by atoms with van der Waals surface area (Å²) in [6.45, 7) is 6.27. The largest absolute Gasteiger partial charge is 0.494 e. The monoisotopic (exact) mass is 359 g/mol. The Morgan fingerprint density at radius 2 is 1.96 bits per heavy atom. The zero-order valence-electron chi connectivity index (χ0n) is 14.0. The first-order valence-electron chi connectivity index (χ1n) is 7.64. The number of nitrogens with one attached hydrogen (secondary N) is 2. The van der Waals surface area contributed by atoms with E-state index in [1.54, 1.807) is 24.3 Å². The van der Waals surface area contributed by atoms with Crippen LogP contribution in [0.15, 0.2) is 28.7 Å². The predicted molar refractivity (Wildman–Crippen MR) is 95.1 cm³/mol. The SMILES string of the molecule is CCOc1ccc(NC(=O)Nc2nnc(-c3sc(C)nc3C)o2)cc1. The first-order chi connectivity index (χ1) is 12.0. The number of carbonyl (C=O) groups excluding carboxylic acids is 1. The molecule has 0 aliphatic carbocycles. The molecule has 2 aromatic heterocycles. The number of hydrogen-bond acceptors (Lipinski definition) is 7. The van der Waals surface area contributed by atoms with Crippen molar-refractivity contribution in [3.8, 4) is 16.5 Å². The molecule has 0 aliphatic heterocycles. The van der Waals surface area contributed by atoms with E-state index in [1.807, 2.05) is 20.8 Å². The molecule has 2 amide bonds. The lowest BCUT2D eigenvalue weighted by atomic mass is 10.3. The molecule has 0 atom stereocenters. The van der Waals surface area contributed by atoms with Gasteiger partial charge in [-0.1, -0.05) is 5.10 Å². The average Bonchev–Trinajstić information content (AvgIpc) is 3.15. The minimum atomic E-state index is -0.475. The standard InChI is InChI=1S/C16H17N5O3S/c1-4-23-12-7-5-11(6-8-12)18-15(22)19-16-21-20-14(24-16)13-9(2)17-10(3)25-13/h5-8H,4H2,1-3H3,(H2,18,19,21,22). The summed E-state index contributed by atoms with van der Waals surface area (Å²) in [5.41, 5.74) is 1.44. The third-order valence-corrected chi connectivity index (χ3v) is 4.23. The fraction of sp³-hybridized carbons (Fsp3) is 0.250. The predicted octanol–water partition coefficient (Wildman–Crippen LogP) is 3.85. The molecule has 0 radical (unpaired) electrons. The number of thiazole rings is 1. The number of nitrogens with zero attached hydrogens (tertiary/aromatic N) is 3. The van der Waals surface area contributed by atoms with Gasteiger partial charge < -0.3 is 14.5 Å². The molecule has 3 aromatic rings. The number of ether oxygens (including phenoxy) is 1. The summed E-state index contributed by atoms with van der Waals surface area (Å²) in [5.74, 6) is 1.07. The maximum absolute atomic E-state index is 12.0. The highest BCUT2D eigenvalue weighted by molar-refractivity contribution is 7.15.